The standard InChI is InChI=1S/C15H13ClN4/c16-13-3-1-2-11(8-13)9-20-10-14(17)15(19-20)12-4-6-18-7-5-12/h1-8,10H,9,17H2. The van der Waals surface area contributed by atoms with Gasteiger partial charge in [-0.15, -0.1) is 0 Å². The van der Waals surface area contributed by atoms with Crippen LogP contribution in [0.25, 0.3) is 11.3 Å². The summed E-state index contributed by atoms with van der Waals surface area (Å²) in [5, 5.41) is 5.25. The lowest BCUT2D eigenvalue weighted by Crippen LogP contribution is -2.00. The maximum atomic E-state index is 6.03. The van der Waals surface area contributed by atoms with Gasteiger partial charge in [-0.25, -0.2) is 0 Å². The molecule has 100 valence electrons. The lowest BCUT2D eigenvalue weighted by atomic mass is 10.2. The molecule has 0 saturated carbocycles. The van der Waals surface area contributed by atoms with E-state index in [1.165, 1.54) is 0 Å². The predicted octanol–water partition coefficient (Wildman–Crippen LogP) is 3.23. The van der Waals surface area contributed by atoms with Crippen LogP contribution in [0.2, 0.25) is 5.02 Å². The molecule has 20 heavy (non-hydrogen) atoms. The Morgan fingerprint density at radius 1 is 1.15 bits per heavy atom. The van der Waals surface area contributed by atoms with E-state index in [4.69, 9.17) is 17.3 Å². The number of benzene rings is 1. The number of hydrogen-bond donors (Lipinski definition) is 1. The maximum absolute atomic E-state index is 6.03. The quantitative estimate of drug-likeness (QED) is 0.803. The Labute approximate surface area is 121 Å². The van der Waals surface area contributed by atoms with Crippen LogP contribution in [0.5, 0.6) is 0 Å². The Bertz CT molecular complexity index is 722. The summed E-state index contributed by atoms with van der Waals surface area (Å²) in [4.78, 5) is 3.99. The Balaban J connectivity index is 1.90. The molecule has 0 amide bonds. The summed E-state index contributed by atoms with van der Waals surface area (Å²) in [6.07, 6.45) is 5.28. The molecule has 0 fully saturated rings. The van der Waals surface area contributed by atoms with Gasteiger partial charge in [-0.2, -0.15) is 5.10 Å². The average Bonchev–Trinajstić information content (AvgIpc) is 2.80. The molecule has 0 bridgehead atoms. The summed E-state index contributed by atoms with van der Waals surface area (Å²) in [5.74, 6) is 0. The minimum Gasteiger partial charge on any atom is -0.396 e. The fourth-order valence-corrected chi connectivity index (χ4v) is 2.29. The van der Waals surface area contributed by atoms with Crippen molar-refractivity contribution in [2.45, 2.75) is 6.54 Å². The van der Waals surface area contributed by atoms with Crippen LogP contribution in [0.4, 0.5) is 5.69 Å². The molecule has 2 N–H and O–H groups in total. The molecular formula is C15H13ClN4. The molecule has 4 nitrogen and oxygen atoms in total. The molecule has 0 saturated heterocycles. The zero-order chi connectivity index (χ0) is 13.9. The normalized spacial score (nSPS) is 10.7. The van der Waals surface area contributed by atoms with Gasteiger partial charge in [-0.3, -0.25) is 9.67 Å². The minimum absolute atomic E-state index is 0.635. The molecule has 3 rings (SSSR count). The van der Waals surface area contributed by atoms with E-state index in [9.17, 15) is 0 Å². The van der Waals surface area contributed by atoms with Gasteiger partial charge < -0.3 is 5.73 Å². The number of pyridine rings is 1. The average molecular weight is 285 g/mol. The van der Waals surface area contributed by atoms with E-state index in [0.717, 1.165) is 21.8 Å². The third-order valence-electron chi connectivity index (χ3n) is 2.98. The Hall–Kier alpha value is -2.33. The van der Waals surface area contributed by atoms with Crippen molar-refractivity contribution in [1.29, 1.82) is 0 Å². The number of anilines is 1. The van der Waals surface area contributed by atoms with E-state index in [1.807, 2.05) is 47.3 Å². The Morgan fingerprint density at radius 2 is 1.95 bits per heavy atom. The molecule has 3 aromatic rings. The van der Waals surface area contributed by atoms with Crippen LogP contribution < -0.4 is 5.73 Å². The largest absolute Gasteiger partial charge is 0.396 e. The van der Waals surface area contributed by atoms with Gasteiger partial charge >= 0.3 is 0 Å². The highest BCUT2D eigenvalue weighted by Gasteiger charge is 2.08. The highest BCUT2D eigenvalue weighted by atomic mass is 35.5. The van der Waals surface area contributed by atoms with Crippen molar-refractivity contribution < 1.29 is 0 Å². The molecule has 5 heteroatoms. The van der Waals surface area contributed by atoms with E-state index < -0.39 is 0 Å². The van der Waals surface area contributed by atoms with Crippen LogP contribution in [0.1, 0.15) is 5.56 Å². The summed E-state index contributed by atoms with van der Waals surface area (Å²) >= 11 is 5.98. The van der Waals surface area contributed by atoms with E-state index in [2.05, 4.69) is 10.1 Å². The van der Waals surface area contributed by atoms with Crippen molar-refractivity contribution in [1.82, 2.24) is 14.8 Å². The number of nitrogens with zero attached hydrogens (tertiary/aromatic N) is 3. The zero-order valence-corrected chi connectivity index (χ0v) is 11.5. The number of hydrogen-bond acceptors (Lipinski definition) is 3. The van der Waals surface area contributed by atoms with Crippen molar-refractivity contribution >= 4 is 17.3 Å². The van der Waals surface area contributed by atoms with Gasteiger partial charge in [0.15, 0.2) is 0 Å². The van der Waals surface area contributed by atoms with E-state index in [0.29, 0.717) is 12.2 Å². The SMILES string of the molecule is Nc1cn(Cc2cccc(Cl)c2)nc1-c1ccncc1. The predicted molar refractivity (Wildman–Crippen MR) is 80.4 cm³/mol. The summed E-state index contributed by atoms with van der Waals surface area (Å²) in [7, 11) is 0. The first-order valence-electron chi connectivity index (χ1n) is 6.20. The summed E-state index contributed by atoms with van der Waals surface area (Å²) in [5.41, 5.74) is 9.50. The highest BCUT2D eigenvalue weighted by Crippen LogP contribution is 2.23. The first kappa shape index (κ1) is 12.7. The van der Waals surface area contributed by atoms with E-state index >= 15 is 0 Å². The second-order valence-corrected chi connectivity index (χ2v) is 4.93. The molecule has 2 aromatic heterocycles. The smallest absolute Gasteiger partial charge is 0.115 e. The molecular weight excluding hydrogens is 272 g/mol. The third-order valence-corrected chi connectivity index (χ3v) is 3.21. The summed E-state index contributed by atoms with van der Waals surface area (Å²) < 4.78 is 1.82. The van der Waals surface area contributed by atoms with Gasteiger partial charge in [0.2, 0.25) is 0 Å². The van der Waals surface area contributed by atoms with Crippen molar-refractivity contribution in [3.05, 3.63) is 65.6 Å². The fraction of sp³-hybridized carbons (Fsp3) is 0.0667. The molecule has 0 atom stereocenters. The second kappa shape index (κ2) is 5.35. The molecule has 0 spiro atoms. The lowest BCUT2D eigenvalue weighted by Gasteiger charge is -2.02. The van der Waals surface area contributed by atoms with Crippen LogP contribution in [-0.2, 0) is 6.54 Å². The second-order valence-electron chi connectivity index (χ2n) is 4.50. The third kappa shape index (κ3) is 2.65. The van der Waals surface area contributed by atoms with Crippen molar-refractivity contribution in [3.8, 4) is 11.3 Å². The van der Waals surface area contributed by atoms with Gasteiger partial charge in [0, 0.05) is 29.2 Å². The van der Waals surface area contributed by atoms with Crippen molar-refractivity contribution in [2.24, 2.45) is 0 Å². The monoisotopic (exact) mass is 284 g/mol. The molecule has 0 radical (unpaired) electrons. The van der Waals surface area contributed by atoms with Gasteiger partial charge in [-0.05, 0) is 29.8 Å². The number of rotatable bonds is 3. The van der Waals surface area contributed by atoms with Crippen LogP contribution in [0.15, 0.2) is 55.0 Å². The van der Waals surface area contributed by atoms with Crippen molar-refractivity contribution in [2.75, 3.05) is 5.73 Å². The fourth-order valence-electron chi connectivity index (χ4n) is 2.07. The number of nitrogen functional groups attached to an aromatic ring is 1. The van der Waals surface area contributed by atoms with Gasteiger partial charge in [-0.1, -0.05) is 23.7 Å². The van der Waals surface area contributed by atoms with Gasteiger partial charge in [0.25, 0.3) is 0 Å². The van der Waals surface area contributed by atoms with Crippen LogP contribution in [0.3, 0.4) is 0 Å². The minimum atomic E-state index is 0.635. The van der Waals surface area contributed by atoms with Crippen LogP contribution >= 0.6 is 11.6 Å². The molecule has 0 aliphatic carbocycles. The Morgan fingerprint density at radius 3 is 2.70 bits per heavy atom. The first-order chi connectivity index (χ1) is 9.72. The van der Waals surface area contributed by atoms with Crippen LogP contribution in [0, 0.1) is 0 Å². The number of aromatic nitrogens is 3. The molecule has 0 unspecified atom stereocenters. The molecule has 0 aliphatic rings. The van der Waals surface area contributed by atoms with Crippen molar-refractivity contribution in [3.63, 3.8) is 0 Å². The van der Waals surface area contributed by atoms with Crippen LogP contribution in [-0.4, -0.2) is 14.8 Å². The van der Waals surface area contributed by atoms with E-state index in [1.54, 1.807) is 12.4 Å². The molecule has 1 aromatic carbocycles. The molecule has 0 aliphatic heterocycles. The first-order valence-corrected chi connectivity index (χ1v) is 6.58. The molecule has 2 heterocycles. The lowest BCUT2D eigenvalue weighted by molar-refractivity contribution is 0.689. The Kier molecular flexibility index (Phi) is 3.39. The van der Waals surface area contributed by atoms with E-state index in [-0.39, 0.29) is 0 Å². The maximum Gasteiger partial charge on any atom is 0.115 e. The highest BCUT2D eigenvalue weighted by molar-refractivity contribution is 6.30. The van der Waals surface area contributed by atoms with Gasteiger partial charge in [0.1, 0.15) is 5.69 Å². The number of nitrogens with two attached hydrogens (primary N) is 1. The zero-order valence-electron chi connectivity index (χ0n) is 10.7. The van der Waals surface area contributed by atoms with Gasteiger partial charge in [0.05, 0.1) is 12.2 Å². The summed E-state index contributed by atoms with van der Waals surface area (Å²) in [6, 6.07) is 11.5. The summed E-state index contributed by atoms with van der Waals surface area (Å²) in [6.45, 7) is 0.635. The topological polar surface area (TPSA) is 56.7 Å². The number of halogens is 1.